The molecule has 1 N–H and O–H groups in total. The summed E-state index contributed by atoms with van der Waals surface area (Å²) in [5.74, 6) is 0.136. The molecule has 1 aromatic carbocycles. The third-order valence-electron chi connectivity index (χ3n) is 5.42. The van der Waals surface area contributed by atoms with Gasteiger partial charge in [0.15, 0.2) is 0 Å². The van der Waals surface area contributed by atoms with E-state index in [1.165, 1.54) is 0 Å². The maximum atomic E-state index is 12.6. The maximum absolute atomic E-state index is 12.6. The second kappa shape index (κ2) is 8.64. The highest BCUT2D eigenvalue weighted by molar-refractivity contribution is 5.82. The van der Waals surface area contributed by atoms with Crippen LogP contribution < -0.4 is 5.32 Å². The summed E-state index contributed by atoms with van der Waals surface area (Å²) < 4.78 is 5.50. The lowest BCUT2D eigenvalue weighted by Crippen LogP contribution is -2.56. The molecule has 0 bridgehead atoms. The van der Waals surface area contributed by atoms with Gasteiger partial charge in [-0.3, -0.25) is 14.5 Å². The second-order valence-corrected chi connectivity index (χ2v) is 7.18. The molecule has 2 aliphatic rings. The summed E-state index contributed by atoms with van der Waals surface area (Å²) in [6.45, 7) is 7.37. The lowest BCUT2D eigenvalue weighted by atomic mass is 10.1. The SMILES string of the molecule is CC(NC(=O)C(C)N1CCN(C(=O)C2CCCO2)CC1)c1ccccc1. The van der Waals surface area contributed by atoms with E-state index in [2.05, 4.69) is 10.2 Å². The molecule has 0 spiro atoms. The molecule has 0 saturated carbocycles. The lowest BCUT2D eigenvalue weighted by molar-refractivity contribution is -0.143. The van der Waals surface area contributed by atoms with E-state index >= 15 is 0 Å². The molecule has 2 amide bonds. The summed E-state index contributed by atoms with van der Waals surface area (Å²) in [6.07, 6.45) is 1.54. The van der Waals surface area contributed by atoms with Gasteiger partial charge in [0.05, 0.1) is 12.1 Å². The molecule has 2 saturated heterocycles. The Balaban J connectivity index is 1.47. The molecule has 6 heteroatoms. The van der Waals surface area contributed by atoms with Gasteiger partial charge in [-0.2, -0.15) is 0 Å². The molecule has 6 nitrogen and oxygen atoms in total. The van der Waals surface area contributed by atoms with Gasteiger partial charge in [-0.25, -0.2) is 0 Å². The van der Waals surface area contributed by atoms with Crippen LogP contribution in [0, 0.1) is 0 Å². The summed E-state index contributed by atoms with van der Waals surface area (Å²) in [4.78, 5) is 29.0. The standard InChI is InChI=1S/C20H29N3O3/c1-15(17-7-4-3-5-8-17)21-19(24)16(2)22-10-12-23(13-11-22)20(25)18-9-6-14-26-18/h3-5,7-8,15-16,18H,6,9-14H2,1-2H3,(H,21,24). The average Bonchev–Trinajstić information content (AvgIpc) is 3.22. The number of carbonyl (C=O) groups excluding carboxylic acids is 2. The van der Waals surface area contributed by atoms with Crippen LogP contribution in [0.3, 0.4) is 0 Å². The minimum absolute atomic E-state index is 0.0199. The van der Waals surface area contributed by atoms with Crippen molar-refractivity contribution in [3.8, 4) is 0 Å². The monoisotopic (exact) mass is 359 g/mol. The van der Waals surface area contributed by atoms with Crippen LogP contribution in [0.1, 0.15) is 38.3 Å². The van der Waals surface area contributed by atoms with Crippen LogP contribution in [0.25, 0.3) is 0 Å². The first-order valence-electron chi connectivity index (χ1n) is 9.56. The van der Waals surface area contributed by atoms with Crippen LogP contribution in [0.15, 0.2) is 30.3 Å². The first-order chi connectivity index (χ1) is 12.6. The van der Waals surface area contributed by atoms with E-state index < -0.39 is 0 Å². The fraction of sp³-hybridized carbons (Fsp3) is 0.600. The molecule has 3 rings (SSSR count). The summed E-state index contributed by atoms with van der Waals surface area (Å²) in [7, 11) is 0. The molecule has 142 valence electrons. The number of carbonyl (C=O) groups is 2. The number of nitrogens with zero attached hydrogens (tertiary/aromatic N) is 2. The number of piperazine rings is 1. The maximum Gasteiger partial charge on any atom is 0.251 e. The number of nitrogens with one attached hydrogen (secondary N) is 1. The van der Waals surface area contributed by atoms with Gasteiger partial charge in [-0.05, 0) is 32.3 Å². The normalized spacial score (nSPS) is 23.5. The molecule has 0 aliphatic carbocycles. The molecule has 2 aliphatic heterocycles. The van der Waals surface area contributed by atoms with Gasteiger partial charge in [0.25, 0.3) is 5.91 Å². The first-order valence-corrected chi connectivity index (χ1v) is 9.56. The van der Waals surface area contributed by atoms with E-state index in [9.17, 15) is 9.59 Å². The molecule has 3 atom stereocenters. The van der Waals surface area contributed by atoms with Crippen molar-refractivity contribution in [1.82, 2.24) is 15.1 Å². The third-order valence-corrected chi connectivity index (χ3v) is 5.42. The molecule has 2 heterocycles. The number of amides is 2. The van der Waals surface area contributed by atoms with Gasteiger partial charge >= 0.3 is 0 Å². The Morgan fingerprint density at radius 2 is 1.81 bits per heavy atom. The fourth-order valence-corrected chi connectivity index (χ4v) is 3.63. The van der Waals surface area contributed by atoms with Crippen molar-refractivity contribution >= 4 is 11.8 Å². The van der Waals surface area contributed by atoms with Crippen LogP contribution in [-0.2, 0) is 14.3 Å². The van der Waals surface area contributed by atoms with Crippen molar-refractivity contribution in [3.63, 3.8) is 0 Å². The van der Waals surface area contributed by atoms with E-state index in [0.29, 0.717) is 32.8 Å². The molecule has 0 radical (unpaired) electrons. The van der Waals surface area contributed by atoms with Crippen molar-refractivity contribution in [2.75, 3.05) is 32.8 Å². The zero-order valence-electron chi connectivity index (χ0n) is 15.7. The average molecular weight is 359 g/mol. The topological polar surface area (TPSA) is 61.9 Å². The van der Waals surface area contributed by atoms with Gasteiger partial charge in [0.2, 0.25) is 5.91 Å². The molecule has 3 unspecified atom stereocenters. The number of hydrogen-bond acceptors (Lipinski definition) is 4. The van der Waals surface area contributed by atoms with Gasteiger partial charge in [-0.15, -0.1) is 0 Å². The van der Waals surface area contributed by atoms with Gasteiger partial charge in [0.1, 0.15) is 6.10 Å². The van der Waals surface area contributed by atoms with E-state index in [0.717, 1.165) is 18.4 Å². The van der Waals surface area contributed by atoms with E-state index in [4.69, 9.17) is 4.74 Å². The molecular weight excluding hydrogens is 330 g/mol. The Morgan fingerprint density at radius 3 is 2.42 bits per heavy atom. The zero-order valence-corrected chi connectivity index (χ0v) is 15.7. The van der Waals surface area contributed by atoms with E-state index in [-0.39, 0.29) is 30.0 Å². The van der Waals surface area contributed by atoms with Crippen molar-refractivity contribution < 1.29 is 14.3 Å². The van der Waals surface area contributed by atoms with Crippen LogP contribution in [0.4, 0.5) is 0 Å². The van der Waals surface area contributed by atoms with Gasteiger partial charge in [0, 0.05) is 32.8 Å². The Kier molecular flexibility index (Phi) is 6.27. The van der Waals surface area contributed by atoms with Crippen molar-refractivity contribution in [2.24, 2.45) is 0 Å². The van der Waals surface area contributed by atoms with Gasteiger partial charge < -0.3 is 15.0 Å². The minimum Gasteiger partial charge on any atom is -0.368 e. The highest BCUT2D eigenvalue weighted by atomic mass is 16.5. The van der Waals surface area contributed by atoms with E-state index in [1.54, 1.807) is 0 Å². The van der Waals surface area contributed by atoms with Crippen LogP contribution in [-0.4, -0.2) is 66.5 Å². The van der Waals surface area contributed by atoms with Crippen molar-refractivity contribution in [2.45, 2.75) is 44.9 Å². The summed E-state index contributed by atoms with van der Waals surface area (Å²) in [5, 5.41) is 3.09. The highest BCUT2D eigenvalue weighted by Gasteiger charge is 2.32. The van der Waals surface area contributed by atoms with E-state index in [1.807, 2.05) is 49.1 Å². The summed E-state index contributed by atoms with van der Waals surface area (Å²) in [6, 6.07) is 9.74. The fourth-order valence-electron chi connectivity index (χ4n) is 3.63. The Bertz CT molecular complexity index is 608. The molecular formula is C20H29N3O3. The third kappa shape index (κ3) is 4.43. The Hall–Kier alpha value is -1.92. The predicted molar refractivity (Wildman–Crippen MR) is 99.6 cm³/mol. The van der Waals surface area contributed by atoms with Gasteiger partial charge in [-0.1, -0.05) is 30.3 Å². The number of rotatable bonds is 5. The van der Waals surface area contributed by atoms with Crippen molar-refractivity contribution in [3.05, 3.63) is 35.9 Å². The largest absolute Gasteiger partial charge is 0.368 e. The van der Waals surface area contributed by atoms with Crippen LogP contribution >= 0.6 is 0 Å². The lowest BCUT2D eigenvalue weighted by Gasteiger charge is -2.38. The summed E-state index contributed by atoms with van der Waals surface area (Å²) >= 11 is 0. The number of hydrogen-bond donors (Lipinski definition) is 1. The number of benzene rings is 1. The molecule has 26 heavy (non-hydrogen) atoms. The highest BCUT2D eigenvalue weighted by Crippen LogP contribution is 2.17. The Labute approximate surface area is 155 Å². The molecule has 1 aromatic rings. The second-order valence-electron chi connectivity index (χ2n) is 7.18. The van der Waals surface area contributed by atoms with Crippen LogP contribution in [0.5, 0.6) is 0 Å². The summed E-state index contributed by atoms with van der Waals surface area (Å²) in [5.41, 5.74) is 1.10. The van der Waals surface area contributed by atoms with Crippen molar-refractivity contribution in [1.29, 1.82) is 0 Å². The molecule has 2 fully saturated rings. The minimum atomic E-state index is -0.256. The number of ether oxygens (including phenoxy) is 1. The van der Waals surface area contributed by atoms with Crippen LogP contribution in [0.2, 0.25) is 0 Å². The first kappa shape index (κ1) is 18.9. The quantitative estimate of drug-likeness (QED) is 0.867. The smallest absolute Gasteiger partial charge is 0.251 e. The Morgan fingerprint density at radius 1 is 1.12 bits per heavy atom. The molecule has 0 aromatic heterocycles. The predicted octanol–water partition coefficient (Wildman–Crippen LogP) is 1.58. The zero-order chi connectivity index (χ0) is 18.5.